The molecular formula is C10H11N5O5S. The van der Waals surface area contributed by atoms with Crippen LogP contribution in [0, 0.1) is 10.1 Å². The van der Waals surface area contributed by atoms with Crippen LogP contribution in [0.15, 0.2) is 39.9 Å². The Morgan fingerprint density at radius 1 is 1.38 bits per heavy atom. The highest BCUT2D eigenvalue weighted by atomic mass is 32.2. The second-order valence-electron chi connectivity index (χ2n) is 3.86. The predicted octanol–water partition coefficient (Wildman–Crippen LogP) is 0.347. The standard InChI is InChI=1S/C10H11N5O5S/c11-14-8-2-1-3-9(10(8)15(16)17)21(18,19)13-6-7-4-5-12-20-7/h1-5,13-14H,6,11H2. The Hall–Kier alpha value is -2.50. The SMILES string of the molecule is NNc1cccc(S(=O)(=O)NCc2ccno2)c1[N+](=O)[O-]. The number of anilines is 1. The van der Waals surface area contributed by atoms with Gasteiger partial charge in [0.25, 0.3) is 0 Å². The van der Waals surface area contributed by atoms with E-state index in [-0.39, 0.29) is 18.0 Å². The maximum absolute atomic E-state index is 12.2. The molecule has 1 aromatic carbocycles. The Labute approximate surface area is 119 Å². The van der Waals surface area contributed by atoms with Gasteiger partial charge in [0.05, 0.1) is 17.7 Å². The van der Waals surface area contributed by atoms with E-state index >= 15 is 0 Å². The summed E-state index contributed by atoms with van der Waals surface area (Å²) >= 11 is 0. The van der Waals surface area contributed by atoms with E-state index in [2.05, 4.69) is 15.3 Å². The van der Waals surface area contributed by atoms with Gasteiger partial charge >= 0.3 is 5.69 Å². The molecule has 0 spiro atoms. The van der Waals surface area contributed by atoms with Gasteiger partial charge in [0.2, 0.25) is 10.0 Å². The van der Waals surface area contributed by atoms with Crippen molar-refractivity contribution in [3.05, 3.63) is 46.3 Å². The summed E-state index contributed by atoms with van der Waals surface area (Å²) in [4.78, 5) is 9.75. The van der Waals surface area contributed by atoms with E-state index in [9.17, 15) is 18.5 Å². The minimum atomic E-state index is -4.12. The van der Waals surface area contributed by atoms with Crippen molar-refractivity contribution in [2.75, 3.05) is 5.43 Å². The molecule has 0 aliphatic rings. The van der Waals surface area contributed by atoms with Crippen LogP contribution >= 0.6 is 0 Å². The molecule has 0 saturated carbocycles. The molecule has 1 heterocycles. The quantitative estimate of drug-likeness (QED) is 0.392. The molecule has 2 rings (SSSR count). The van der Waals surface area contributed by atoms with Gasteiger partial charge in [0.1, 0.15) is 5.69 Å². The number of hydrogen-bond acceptors (Lipinski definition) is 8. The smallest absolute Gasteiger partial charge is 0.313 e. The minimum absolute atomic E-state index is 0.109. The van der Waals surface area contributed by atoms with Gasteiger partial charge in [0, 0.05) is 6.07 Å². The third-order valence-corrected chi connectivity index (χ3v) is 3.99. The van der Waals surface area contributed by atoms with Crippen LogP contribution in [0.2, 0.25) is 0 Å². The Morgan fingerprint density at radius 3 is 2.71 bits per heavy atom. The molecule has 0 atom stereocenters. The highest BCUT2D eigenvalue weighted by Gasteiger charge is 2.28. The average molecular weight is 313 g/mol. The third kappa shape index (κ3) is 3.16. The number of hydrazine groups is 1. The van der Waals surface area contributed by atoms with Gasteiger partial charge in [-0.15, -0.1) is 0 Å². The number of benzene rings is 1. The van der Waals surface area contributed by atoms with Crippen LogP contribution in [0.3, 0.4) is 0 Å². The molecule has 1 aromatic heterocycles. The summed E-state index contributed by atoms with van der Waals surface area (Å²) in [5.41, 5.74) is 1.35. The second kappa shape index (κ2) is 5.87. The summed E-state index contributed by atoms with van der Waals surface area (Å²) in [6.07, 6.45) is 1.35. The molecule has 0 fully saturated rings. The van der Waals surface area contributed by atoms with Crippen LogP contribution in [0.1, 0.15) is 5.76 Å². The van der Waals surface area contributed by atoms with Crippen LogP contribution in [0.25, 0.3) is 0 Å². The van der Waals surface area contributed by atoms with E-state index in [0.717, 1.165) is 6.07 Å². The van der Waals surface area contributed by atoms with Gasteiger partial charge in [-0.25, -0.2) is 13.1 Å². The van der Waals surface area contributed by atoms with Gasteiger partial charge in [-0.1, -0.05) is 11.2 Å². The number of para-hydroxylation sites is 1. The van der Waals surface area contributed by atoms with E-state index in [1.165, 1.54) is 24.4 Å². The number of nitro groups is 1. The van der Waals surface area contributed by atoms with Crippen molar-refractivity contribution < 1.29 is 17.9 Å². The number of aromatic nitrogens is 1. The van der Waals surface area contributed by atoms with Gasteiger partial charge in [-0.3, -0.25) is 16.0 Å². The van der Waals surface area contributed by atoms with Crippen molar-refractivity contribution in [2.24, 2.45) is 5.84 Å². The molecule has 0 bridgehead atoms. The van der Waals surface area contributed by atoms with Crippen molar-refractivity contribution in [1.82, 2.24) is 9.88 Å². The van der Waals surface area contributed by atoms with Crippen LogP contribution in [0.5, 0.6) is 0 Å². The average Bonchev–Trinajstić information content (AvgIpc) is 2.97. The molecule has 11 heteroatoms. The molecule has 112 valence electrons. The molecule has 4 N–H and O–H groups in total. The third-order valence-electron chi connectivity index (χ3n) is 2.55. The lowest BCUT2D eigenvalue weighted by atomic mass is 10.3. The summed E-state index contributed by atoms with van der Waals surface area (Å²) in [6, 6.07) is 5.22. The molecule has 0 unspecified atom stereocenters. The van der Waals surface area contributed by atoms with Crippen molar-refractivity contribution >= 4 is 21.4 Å². The Balaban J connectivity index is 2.37. The van der Waals surface area contributed by atoms with Crippen molar-refractivity contribution in [3.63, 3.8) is 0 Å². The van der Waals surface area contributed by atoms with E-state index in [0.29, 0.717) is 0 Å². The van der Waals surface area contributed by atoms with Gasteiger partial charge < -0.3 is 9.95 Å². The van der Waals surface area contributed by atoms with Crippen LogP contribution in [0.4, 0.5) is 11.4 Å². The van der Waals surface area contributed by atoms with Crippen LogP contribution < -0.4 is 16.0 Å². The lowest BCUT2D eigenvalue weighted by molar-refractivity contribution is -0.386. The van der Waals surface area contributed by atoms with Crippen molar-refractivity contribution in [1.29, 1.82) is 0 Å². The van der Waals surface area contributed by atoms with Crippen LogP contribution in [-0.4, -0.2) is 18.5 Å². The fourth-order valence-corrected chi connectivity index (χ4v) is 2.81. The Bertz CT molecular complexity index is 743. The lowest BCUT2D eigenvalue weighted by Gasteiger charge is -2.08. The van der Waals surface area contributed by atoms with E-state index in [1.54, 1.807) is 0 Å². The number of nitro benzene ring substituents is 1. The number of nitrogens with zero attached hydrogens (tertiary/aromatic N) is 2. The molecule has 0 aliphatic carbocycles. The topological polar surface area (TPSA) is 153 Å². The summed E-state index contributed by atoms with van der Waals surface area (Å²) < 4.78 is 31.3. The van der Waals surface area contributed by atoms with Gasteiger partial charge in [-0.05, 0) is 12.1 Å². The van der Waals surface area contributed by atoms with Crippen LogP contribution in [-0.2, 0) is 16.6 Å². The van der Waals surface area contributed by atoms with Gasteiger partial charge in [0.15, 0.2) is 10.7 Å². The zero-order valence-electron chi connectivity index (χ0n) is 10.5. The number of sulfonamides is 1. The number of hydrogen-bond donors (Lipinski definition) is 3. The van der Waals surface area contributed by atoms with Gasteiger partial charge in [-0.2, -0.15) is 0 Å². The molecule has 0 saturated heterocycles. The zero-order valence-corrected chi connectivity index (χ0v) is 11.3. The fraction of sp³-hybridized carbons (Fsp3) is 0.100. The first kappa shape index (κ1) is 14.9. The number of nitrogen functional groups attached to an aromatic ring is 1. The number of rotatable bonds is 6. The van der Waals surface area contributed by atoms with E-state index in [1.807, 2.05) is 0 Å². The molecule has 2 aromatic rings. The number of nitrogens with one attached hydrogen (secondary N) is 2. The summed E-state index contributed by atoms with van der Waals surface area (Å²) in [6.45, 7) is -0.181. The summed E-state index contributed by atoms with van der Waals surface area (Å²) in [5, 5.41) is 14.5. The molecule has 0 amide bonds. The van der Waals surface area contributed by atoms with E-state index in [4.69, 9.17) is 10.4 Å². The van der Waals surface area contributed by atoms with Crippen molar-refractivity contribution in [2.45, 2.75) is 11.4 Å². The molecule has 21 heavy (non-hydrogen) atoms. The lowest BCUT2D eigenvalue weighted by Crippen LogP contribution is -2.24. The molecule has 10 nitrogen and oxygen atoms in total. The zero-order chi connectivity index (χ0) is 15.5. The highest BCUT2D eigenvalue weighted by molar-refractivity contribution is 7.89. The first-order valence-electron chi connectivity index (χ1n) is 5.59. The maximum atomic E-state index is 12.2. The predicted molar refractivity (Wildman–Crippen MR) is 71.4 cm³/mol. The fourth-order valence-electron chi connectivity index (χ4n) is 1.62. The minimum Gasteiger partial charge on any atom is -0.360 e. The highest BCUT2D eigenvalue weighted by Crippen LogP contribution is 2.31. The maximum Gasteiger partial charge on any atom is 0.313 e. The second-order valence-corrected chi connectivity index (χ2v) is 5.59. The Kier molecular flexibility index (Phi) is 4.16. The normalized spacial score (nSPS) is 11.3. The largest absolute Gasteiger partial charge is 0.360 e. The monoisotopic (exact) mass is 313 g/mol. The first-order valence-corrected chi connectivity index (χ1v) is 7.07. The number of nitrogens with two attached hydrogens (primary N) is 1. The molecule has 0 radical (unpaired) electrons. The Morgan fingerprint density at radius 2 is 2.14 bits per heavy atom. The molecule has 0 aliphatic heterocycles. The van der Waals surface area contributed by atoms with E-state index < -0.39 is 25.5 Å². The molecular weight excluding hydrogens is 302 g/mol. The first-order chi connectivity index (χ1) is 9.95. The summed E-state index contributed by atoms with van der Waals surface area (Å²) in [5.74, 6) is 5.43. The summed E-state index contributed by atoms with van der Waals surface area (Å²) in [7, 11) is -4.12. The van der Waals surface area contributed by atoms with Crippen molar-refractivity contribution in [3.8, 4) is 0 Å².